The number of benzene rings is 1. The van der Waals surface area contributed by atoms with Crippen LogP contribution < -0.4 is 0 Å². The molecule has 0 bridgehead atoms. The standard InChI is InChI=1S/C13H16O5S/c1-10(2)13(14)17-8-9-18-19(15,16)12-6-4-11(3)5-7-12/h4-7H,1,8-9H2,2-3H3. The molecule has 0 saturated heterocycles. The van der Waals surface area contributed by atoms with E-state index < -0.39 is 16.1 Å². The summed E-state index contributed by atoms with van der Waals surface area (Å²) in [4.78, 5) is 11.1. The van der Waals surface area contributed by atoms with Gasteiger partial charge in [0.15, 0.2) is 0 Å². The Morgan fingerprint density at radius 3 is 2.32 bits per heavy atom. The molecule has 5 nitrogen and oxygen atoms in total. The van der Waals surface area contributed by atoms with Gasteiger partial charge in [-0.3, -0.25) is 4.18 Å². The van der Waals surface area contributed by atoms with Gasteiger partial charge in [-0.1, -0.05) is 24.3 Å². The van der Waals surface area contributed by atoms with Gasteiger partial charge in [0.2, 0.25) is 0 Å². The highest BCUT2D eigenvalue weighted by Crippen LogP contribution is 2.12. The van der Waals surface area contributed by atoms with Crippen LogP contribution in [0.25, 0.3) is 0 Å². The van der Waals surface area contributed by atoms with Crippen molar-refractivity contribution in [3.63, 3.8) is 0 Å². The third-order valence-corrected chi connectivity index (χ3v) is 3.54. The lowest BCUT2D eigenvalue weighted by molar-refractivity contribution is -0.139. The number of carbonyl (C=O) groups excluding carboxylic acids is 1. The molecule has 0 aliphatic carbocycles. The minimum absolute atomic E-state index is 0.0735. The zero-order valence-corrected chi connectivity index (χ0v) is 11.7. The van der Waals surface area contributed by atoms with E-state index in [-0.39, 0.29) is 23.7 Å². The Morgan fingerprint density at radius 1 is 1.21 bits per heavy atom. The molecule has 1 aromatic rings. The van der Waals surface area contributed by atoms with E-state index in [1.54, 1.807) is 12.1 Å². The smallest absolute Gasteiger partial charge is 0.333 e. The fraction of sp³-hybridized carbons (Fsp3) is 0.308. The van der Waals surface area contributed by atoms with E-state index in [9.17, 15) is 13.2 Å². The van der Waals surface area contributed by atoms with Crippen LogP contribution in [0.4, 0.5) is 0 Å². The van der Waals surface area contributed by atoms with Gasteiger partial charge < -0.3 is 4.74 Å². The molecule has 0 aliphatic rings. The molecule has 1 aromatic carbocycles. The van der Waals surface area contributed by atoms with Crippen molar-refractivity contribution in [2.45, 2.75) is 18.7 Å². The molecular weight excluding hydrogens is 268 g/mol. The summed E-state index contributed by atoms with van der Waals surface area (Å²) in [6.45, 7) is 6.40. The number of carbonyl (C=O) groups is 1. The van der Waals surface area contributed by atoms with Gasteiger partial charge in [-0.2, -0.15) is 8.42 Å². The van der Waals surface area contributed by atoms with Gasteiger partial charge in [-0.15, -0.1) is 0 Å². The lowest BCUT2D eigenvalue weighted by atomic mass is 10.2. The number of hydrogen-bond donors (Lipinski definition) is 0. The van der Waals surface area contributed by atoms with Gasteiger partial charge in [0, 0.05) is 5.57 Å². The topological polar surface area (TPSA) is 69.7 Å². The minimum atomic E-state index is -3.81. The molecular formula is C13H16O5S. The van der Waals surface area contributed by atoms with E-state index in [2.05, 4.69) is 6.58 Å². The normalized spacial score (nSPS) is 11.1. The van der Waals surface area contributed by atoms with Crippen LogP contribution >= 0.6 is 0 Å². The Kier molecular flexibility index (Phi) is 5.26. The third-order valence-electron chi connectivity index (χ3n) is 2.21. The lowest BCUT2D eigenvalue weighted by Gasteiger charge is -2.07. The number of aryl methyl sites for hydroxylation is 1. The van der Waals surface area contributed by atoms with Gasteiger partial charge in [-0.05, 0) is 26.0 Å². The van der Waals surface area contributed by atoms with Crippen LogP contribution in [0.3, 0.4) is 0 Å². The van der Waals surface area contributed by atoms with Gasteiger partial charge in [0.1, 0.15) is 13.2 Å². The number of hydrogen-bond acceptors (Lipinski definition) is 5. The van der Waals surface area contributed by atoms with Crippen molar-refractivity contribution in [2.75, 3.05) is 13.2 Å². The van der Waals surface area contributed by atoms with Crippen LogP contribution in [0.5, 0.6) is 0 Å². The molecule has 0 aliphatic heterocycles. The first-order valence-corrected chi connectivity index (χ1v) is 7.02. The highest BCUT2D eigenvalue weighted by Gasteiger charge is 2.14. The van der Waals surface area contributed by atoms with E-state index in [1.807, 2.05) is 6.92 Å². The Morgan fingerprint density at radius 2 is 1.79 bits per heavy atom. The second kappa shape index (κ2) is 6.49. The predicted octanol–water partition coefficient (Wildman–Crippen LogP) is 1.82. The Balaban J connectivity index is 2.50. The molecule has 0 spiro atoms. The third kappa shape index (κ3) is 4.84. The Hall–Kier alpha value is -1.66. The van der Waals surface area contributed by atoms with Crippen molar-refractivity contribution in [3.8, 4) is 0 Å². The number of esters is 1. The van der Waals surface area contributed by atoms with E-state index in [0.29, 0.717) is 0 Å². The van der Waals surface area contributed by atoms with Gasteiger partial charge >= 0.3 is 5.97 Å². The predicted molar refractivity (Wildman–Crippen MR) is 70.1 cm³/mol. The maximum atomic E-state index is 11.7. The van der Waals surface area contributed by atoms with Gasteiger partial charge in [-0.25, -0.2) is 4.79 Å². The molecule has 0 saturated carbocycles. The molecule has 6 heteroatoms. The fourth-order valence-corrected chi connectivity index (χ4v) is 2.07. The first-order valence-electron chi connectivity index (χ1n) is 5.61. The maximum Gasteiger partial charge on any atom is 0.333 e. The second-order valence-corrected chi connectivity index (χ2v) is 5.62. The quantitative estimate of drug-likeness (QED) is 0.345. The summed E-state index contributed by atoms with van der Waals surface area (Å²) in [5, 5.41) is 0. The Bertz CT molecular complexity index is 557. The molecule has 0 N–H and O–H groups in total. The second-order valence-electron chi connectivity index (χ2n) is 4.01. The molecule has 0 unspecified atom stereocenters. The highest BCUT2D eigenvalue weighted by molar-refractivity contribution is 7.86. The first kappa shape index (κ1) is 15.4. The molecule has 0 atom stereocenters. The van der Waals surface area contributed by atoms with Crippen LogP contribution in [0.1, 0.15) is 12.5 Å². The summed E-state index contributed by atoms with van der Waals surface area (Å²) in [7, 11) is -3.81. The van der Waals surface area contributed by atoms with Crippen LogP contribution in [0, 0.1) is 6.92 Å². The van der Waals surface area contributed by atoms with Crippen molar-refractivity contribution in [2.24, 2.45) is 0 Å². The minimum Gasteiger partial charge on any atom is -0.460 e. The summed E-state index contributed by atoms with van der Waals surface area (Å²) >= 11 is 0. The van der Waals surface area contributed by atoms with Crippen molar-refractivity contribution >= 4 is 16.1 Å². The molecule has 0 aromatic heterocycles. The summed E-state index contributed by atoms with van der Waals surface area (Å²) in [6.07, 6.45) is 0. The zero-order valence-electron chi connectivity index (χ0n) is 10.9. The fourth-order valence-electron chi connectivity index (χ4n) is 1.17. The summed E-state index contributed by atoms with van der Waals surface area (Å²) in [5.41, 5.74) is 1.20. The SMILES string of the molecule is C=C(C)C(=O)OCCOS(=O)(=O)c1ccc(C)cc1. The van der Waals surface area contributed by atoms with Crippen molar-refractivity contribution in [3.05, 3.63) is 42.0 Å². The molecule has 0 amide bonds. The maximum absolute atomic E-state index is 11.7. The van der Waals surface area contributed by atoms with Crippen LogP contribution in [0.2, 0.25) is 0 Å². The van der Waals surface area contributed by atoms with E-state index in [0.717, 1.165) is 5.56 Å². The molecule has 0 fully saturated rings. The van der Waals surface area contributed by atoms with Crippen LogP contribution in [-0.4, -0.2) is 27.6 Å². The highest BCUT2D eigenvalue weighted by atomic mass is 32.2. The summed E-state index contributed by atoms with van der Waals surface area (Å²) < 4.78 is 33.0. The van der Waals surface area contributed by atoms with Gasteiger partial charge in [0.05, 0.1) is 4.90 Å². The van der Waals surface area contributed by atoms with Crippen LogP contribution in [-0.2, 0) is 23.8 Å². The van der Waals surface area contributed by atoms with E-state index in [4.69, 9.17) is 8.92 Å². The van der Waals surface area contributed by atoms with E-state index >= 15 is 0 Å². The van der Waals surface area contributed by atoms with Crippen molar-refractivity contribution in [1.29, 1.82) is 0 Å². The summed E-state index contributed by atoms with van der Waals surface area (Å²) in [5.74, 6) is -0.573. The average molecular weight is 284 g/mol. The van der Waals surface area contributed by atoms with Crippen molar-refractivity contribution < 1.29 is 22.1 Å². The van der Waals surface area contributed by atoms with Gasteiger partial charge in [0.25, 0.3) is 10.1 Å². The number of rotatable bonds is 6. The molecule has 19 heavy (non-hydrogen) atoms. The van der Waals surface area contributed by atoms with Crippen LogP contribution in [0.15, 0.2) is 41.3 Å². The molecule has 0 radical (unpaired) electrons. The zero-order chi connectivity index (χ0) is 14.5. The molecule has 0 heterocycles. The monoisotopic (exact) mass is 284 g/mol. The molecule has 1 rings (SSSR count). The van der Waals surface area contributed by atoms with E-state index in [1.165, 1.54) is 19.1 Å². The first-order chi connectivity index (χ1) is 8.83. The summed E-state index contributed by atoms with van der Waals surface area (Å²) in [6, 6.07) is 6.28. The largest absolute Gasteiger partial charge is 0.460 e. The lowest BCUT2D eigenvalue weighted by Crippen LogP contribution is -2.14. The average Bonchev–Trinajstić information content (AvgIpc) is 2.34. The van der Waals surface area contributed by atoms with Crippen molar-refractivity contribution in [1.82, 2.24) is 0 Å². The molecule has 104 valence electrons. The number of ether oxygens (including phenoxy) is 1. The Labute approximate surface area is 113 Å².